The number of tetrazole rings is 1. The van der Waals surface area contributed by atoms with Crippen molar-refractivity contribution in [2.75, 3.05) is 19.6 Å². The molecule has 3 aliphatic rings. The predicted octanol–water partition coefficient (Wildman–Crippen LogP) is 0.791. The second kappa shape index (κ2) is 7.14. The molecule has 0 saturated carbocycles. The Morgan fingerprint density at radius 2 is 2.12 bits per heavy atom. The topological polar surface area (TPSA) is 93.2 Å². The molecule has 2 bridgehead atoms. The number of carbonyl (C=O) groups is 1. The molecule has 2 aromatic rings. The summed E-state index contributed by atoms with van der Waals surface area (Å²) in [7, 11) is 0. The van der Waals surface area contributed by atoms with E-state index in [2.05, 4.69) is 30.5 Å². The SMILES string of the molecule is Cc1noc(C)c1CN1C(=O)[C@@H]2CC[C@H]1CN(CCCn1cnnn1)C2. The number of hydrogen-bond donors (Lipinski definition) is 0. The minimum absolute atomic E-state index is 0.0993. The van der Waals surface area contributed by atoms with Crippen molar-refractivity contribution >= 4 is 5.91 Å². The lowest BCUT2D eigenvalue weighted by Crippen LogP contribution is -2.47. The summed E-state index contributed by atoms with van der Waals surface area (Å²) in [5, 5.41) is 15.3. The van der Waals surface area contributed by atoms with Crippen LogP contribution in [0.3, 0.4) is 0 Å². The highest BCUT2D eigenvalue weighted by Gasteiger charge is 2.40. The first-order chi connectivity index (χ1) is 12.6. The molecule has 1 amide bonds. The van der Waals surface area contributed by atoms with Crippen LogP contribution in [0.25, 0.3) is 0 Å². The maximum Gasteiger partial charge on any atom is 0.227 e. The molecule has 2 aromatic heterocycles. The van der Waals surface area contributed by atoms with Crippen LogP contribution >= 0.6 is 0 Å². The van der Waals surface area contributed by atoms with Crippen molar-refractivity contribution in [3.63, 3.8) is 0 Å². The number of nitrogens with zero attached hydrogens (tertiary/aromatic N) is 7. The Balaban J connectivity index is 1.41. The maximum absolute atomic E-state index is 13.0. The normalized spacial score (nSPS) is 23.6. The van der Waals surface area contributed by atoms with Gasteiger partial charge in [0.2, 0.25) is 5.91 Å². The van der Waals surface area contributed by atoms with Gasteiger partial charge in [-0.1, -0.05) is 5.16 Å². The van der Waals surface area contributed by atoms with Gasteiger partial charge >= 0.3 is 0 Å². The van der Waals surface area contributed by atoms with Gasteiger partial charge < -0.3 is 14.3 Å². The molecule has 0 aliphatic carbocycles. The number of fused-ring (bicyclic) bond motifs is 4. The van der Waals surface area contributed by atoms with Crippen molar-refractivity contribution in [1.82, 2.24) is 35.2 Å². The van der Waals surface area contributed by atoms with Crippen LogP contribution in [0.1, 0.15) is 36.3 Å². The summed E-state index contributed by atoms with van der Waals surface area (Å²) < 4.78 is 7.03. The van der Waals surface area contributed by atoms with Crippen LogP contribution in [0.15, 0.2) is 10.9 Å². The molecule has 0 radical (unpaired) electrons. The van der Waals surface area contributed by atoms with E-state index in [4.69, 9.17) is 4.52 Å². The molecule has 140 valence electrons. The average Bonchev–Trinajstić information content (AvgIpc) is 3.15. The summed E-state index contributed by atoms with van der Waals surface area (Å²) in [6.07, 6.45) is 4.68. The summed E-state index contributed by atoms with van der Waals surface area (Å²) >= 11 is 0. The lowest BCUT2D eigenvalue weighted by Gasteiger charge is -2.36. The van der Waals surface area contributed by atoms with E-state index in [0.717, 1.165) is 62.5 Å². The zero-order valence-electron chi connectivity index (χ0n) is 15.3. The summed E-state index contributed by atoms with van der Waals surface area (Å²) in [6.45, 7) is 8.01. The van der Waals surface area contributed by atoms with E-state index in [-0.39, 0.29) is 17.9 Å². The van der Waals surface area contributed by atoms with Gasteiger partial charge in [-0.05, 0) is 43.5 Å². The quantitative estimate of drug-likeness (QED) is 0.753. The van der Waals surface area contributed by atoms with Crippen LogP contribution in [0.4, 0.5) is 0 Å². The molecule has 3 fully saturated rings. The first-order valence-corrected chi connectivity index (χ1v) is 9.27. The van der Waals surface area contributed by atoms with Gasteiger partial charge in [-0.3, -0.25) is 4.79 Å². The monoisotopic (exact) mass is 359 g/mol. The van der Waals surface area contributed by atoms with Gasteiger partial charge in [-0.15, -0.1) is 5.10 Å². The zero-order valence-corrected chi connectivity index (χ0v) is 15.3. The highest BCUT2D eigenvalue weighted by atomic mass is 16.5. The Labute approximate surface area is 152 Å². The molecule has 0 aromatic carbocycles. The molecule has 0 N–H and O–H groups in total. The maximum atomic E-state index is 13.0. The second-order valence-electron chi connectivity index (χ2n) is 7.38. The zero-order chi connectivity index (χ0) is 18.1. The van der Waals surface area contributed by atoms with Gasteiger partial charge in [0.15, 0.2) is 0 Å². The fourth-order valence-electron chi connectivity index (χ4n) is 4.16. The van der Waals surface area contributed by atoms with E-state index >= 15 is 0 Å². The second-order valence-corrected chi connectivity index (χ2v) is 7.38. The Bertz CT molecular complexity index is 738. The summed E-state index contributed by atoms with van der Waals surface area (Å²) in [5.41, 5.74) is 1.94. The van der Waals surface area contributed by atoms with Crippen molar-refractivity contribution < 1.29 is 9.32 Å². The van der Waals surface area contributed by atoms with E-state index in [9.17, 15) is 4.79 Å². The minimum Gasteiger partial charge on any atom is -0.361 e. The van der Waals surface area contributed by atoms with Crippen molar-refractivity contribution in [3.05, 3.63) is 23.3 Å². The van der Waals surface area contributed by atoms with Gasteiger partial charge in [0.05, 0.1) is 18.2 Å². The van der Waals surface area contributed by atoms with Gasteiger partial charge in [-0.25, -0.2) is 4.68 Å². The van der Waals surface area contributed by atoms with E-state index in [1.807, 2.05) is 13.8 Å². The van der Waals surface area contributed by atoms with Crippen molar-refractivity contribution in [3.8, 4) is 0 Å². The van der Waals surface area contributed by atoms with Gasteiger partial charge in [0.1, 0.15) is 12.1 Å². The third-order valence-electron chi connectivity index (χ3n) is 5.63. The molecule has 9 nitrogen and oxygen atoms in total. The minimum atomic E-state index is 0.0993. The molecule has 3 saturated heterocycles. The van der Waals surface area contributed by atoms with Crippen LogP contribution in [0.5, 0.6) is 0 Å². The first kappa shape index (κ1) is 17.1. The third-order valence-corrected chi connectivity index (χ3v) is 5.63. The third kappa shape index (κ3) is 3.35. The molecule has 0 unspecified atom stereocenters. The number of aromatic nitrogens is 5. The van der Waals surface area contributed by atoms with Crippen LogP contribution in [0, 0.1) is 19.8 Å². The summed E-state index contributed by atoms with van der Waals surface area (Å²) in [5.74, 6) is 1.19. The van der Waals surface area contributed by atoms with Gasteiger partial charge in [-0.2, -0.15) is 0 Å². The summed E-state index contributed by atoms with van der Waals surface area (Å²) in [6, 6.07) is 0.267. The first-order valence-electron chi connectivity index (χ1n) is 9.27. The number of aryl methyl sites for hydroxylation is 3. The van der Waals surface area contributed by atoms with E-state index in [1.165, 1.54) is 0 Å². The number of hydrogen-bond acceptors (Lipinski definition) is 7. The van der Waals surface area contributed by atoms with Gasteiger partial charge in [0.25, 0.3) is 0 Å². The van der Waals surface area contributed by atoms with Crippen molar-refractivity contribution in [2.24, 2.45) is 5.92 Å². The Morgan fingerprint density at radius 1 is 1.23 bits per heavy atom. The summed E-state index contributed by atoms with van der Waals surface area (Å²) in [4.78, 5) is 17.5. The van der Waals surface area contributed by atoms with Crippen molar-refractivity contribution in [2.45, 2.75) is 52.2 Å². The molecule has 3 aliphatic heterocycles. The molecular weight excluding hydrogens is 334 g/mol. The Hall–Kier alpha value is -2.29. The van der Waals surface area contributed by atoms with Crippen molar-refractivity contribution in [1.29, 1.82) is 0 Å². The molecule has 2 atom stereocenters. The van der Waals surface area contributed by atoms with E-state index in [0.29, 0.717) is 6.54 Å². The predicted molar refractivity (Wildman–Crippen MR) is 91.9 cm³/mol. The Kier molecular flexibility index (Phi) is 4.71. The number of piperidine rings is 1. The van der Waals surface area contributed by atoms with Crippen LogP contribution in [-0.2, 0) is 17.9 Å². The number of rotatable bonds is 6. The standard InChI is InChI=1S/C17H25N7O2/c1-12-16(13(2)26-19-12)10-24-15-5-4-14(17(24)25)8-22(9-15)6-3-7-23-11-18-20-21-23/h11,14-15H,3-10H2,1-2H3/t14-,15+/m1/s1. The fourth-order valence-corrected chi connectivity index (χ4v) is 4.16. The molecular formula is C17H25N7O2. The largest absolute Gasteiger partial charge is 0.361 e. The molecule has 0 spiro atoms. The van der Waals surface area contributed by atoms with Gasteiger partial charge in [0, 0.05) is 37.8 Å². The molecule has 26 heavy (non-hydrogen) atoms. The van der Waals surface area contributed by atoms with E-state index in [1.54, 1.807) is 11.0 Å². The Morgan fingerprint density at radius 3 is 2.85 bits per heavy atom. The highest BCUT2D eigenvalue weighted by molar-refractivity contribution is 5.80. The van der Waals surface area contributed by atoms with Crippen LogP contribution < -0.4 is 0 Å². The number of carbonyl (C=O) groups excluding carboxylic acids is 1. The van der Waals surface area contributed by atoms with Crippen LogP contribution in [-0.4, -0.2) is 66.7 Å². The van der Waals surface area contributed by atoms with Crippen LogP contribution in [0.2, 0.25) is 0 Å². The number of amides is 1. The highest BCUT2D eigenvalue weighted by Crippen LogP contribution is 2.31. The lowest BCUT2D eigenvalue weighted by molar-refractivity contribution is -0.140. The average molecular weight is 359 g/mol. The fraction of sp³-hybridized carbons (Fsp3) is 0.706. The van der Waals surface area contributed by atoms with E-state index < -0.39 is 0 Å². The molecule has 5 rings (SSSR count). The smallest absolute Gasteiger partial charge is 0.227 e. The lowest BCUT2D eigenvalue weighted by atomic mass is 9.93. The molecule has 5 heterocycles. The molecule has 9 heteroatoms.